The molecule has 9 heteroatoms. The van der Waals surface area contributed by atoms with Crippen LogP contribution < -0.4 is 10.1 Å². The summed E-state index contributed by atoms with van der Waals surface area (Å²) in [6.07, 6.45) is -0.297. The number of para-hydroxylation sites is 1. The second-order valence-electron chi connectivity index (χ2n) is 6.12. The topological polar surface area (TPSA) is 69.0 Å². The van der Waals surface area contributed by atoms with Crippen LogP contribution in [0.4, 0.5) is 10.1 Å². The van der Waals surface area contributed by atoms with Crippen LogP contribution in [0.3, 0.4) is 0 Å². The summed E-state index contributed by atoms with van der Waals surface area (Å²) in [6.45, 7) is 4.53. The highest BCUT2D eigenvalue weighted by Crippen LogP contribution is 2.25. The molecule has 0 bridgehead atoms. The number of anilines is 1. The van der Waals surface area contributed by atoms with Crippen LogP contribution in [0.15, 0.2) is 53.7 Å². The van der Waals surface area contributed by atoms with E-state index < -0.39 is 5.82 Å². The number of hydrogen-bond donors (Lipinski definition) is 1. The van der Waals surface area contributed by atoms with Gasteiger partial charge in [0.2, 0.25) is 5.91 Å². The first-order chi connectivity index (χ1) is 14.0. The average Bonchev–Trinajstić information content (AvgIpc) is 3.13. The first kappa shape index (κ1) is 21.1. The minimum atomic E-state index is -0.533. The number of carbonyl (C=O) groups is 1. The van der Waals surface area contributed by atoms with E-state index in [1.165, 1.54) is 30.0 Å². The van der Waals surface area contributed by atoms with Gasteiger partial charge >= 0.3 is 0 Å². The maximum atomic E-state index is 13.2. The molecule has 2 aromatic carbocycles. The van der Waals surface area contributed by atoms with Gasteiger partial charge in [-0.2, -0.15) is 0 Å². The number of amides is 1. The molecule has 1 aromatic heterocycles. The molecular weight excluding hydrogens is 415 g/mol. The van der Waals surface area contributed by atoms with E-state index >= 15 is 0 Å². The summed E-state index contributed by atoms with van der Waals surface area (Å²) in [5, 5.41) is 11.7. The highest BCUT2D eigenvalue weighted by atomic mass is 35.5. The number of hydrogen-bond acceptors (Lipinski definition) is 5. The van der Waals surface area contributed by atoms with Crippen molar-refractivity contribution in [1.82, 2.24) is 14.8 Å². The normalized spacial score (nSPS) is 11.9. The Bertz CT molecular complexity index is 984. The number of halogens is 2. The van der Waals surface area contributed by atoms with Crippen molar-refractivity contribution in [2.24, 2.45) is 0 Å². The smallest absolute Gasteiger partial charge is 0.234 e. The van der Waals surface area contributed by atoms with Gasteiger partial charge in [-0.25, -0.2) is 4.39 Å². The van der Waals surface area contributed by atoms with Crippen LogP contribution in [-0.4, -0.2) is 26.4 Å². The van der Waals surface area contributed by atoms with Crippen LogP contribution in [-0.2, 0) is 11.3 Å². The number of aromatic nitrogens is 3. The summed E-state index contributed by atoms with van der Waals surface area (Å²) in [5.74, 6) is 0.774. The molecule has 152 valence electrons. The van der Waals surface area contributed by atoms with Crippen LogP contribution in [0.2, 0.25) is 5.02 Å². The molecule has 1 amide bonds. The molecule has 0 aliphatic carbocycles. The van der Waals surface area contributed by atoms with E-state index in [-0.39, 0.29) is 22.8 Å². The predicted octanol–water partition coefficient (Wildman–Crippen LogP) is 4.96. The van der Waals surface area contributed by atoms with Crippen LogP contribution in [0.5, 0.6) is 5.75 Å². The maximum Gasteiger partial charge on any atom is 0.234 e. The third-order valence-corrected chi connectivity index (χ3v) is 5.27. The van der Waals surface area contributed by atoms with Gasteiger partial charge < -0.3 is 14.6 Å². The van der Waals surface area contributed by atoms with E-state index in [9.17, 15) is 9.18 Å². The zero-order chi connectivity index (χ0) is 20.8. The summed E-state index contributed by atoms with van der Waals surface area (Å²) in [7, 11) is 0. The average molecular weight is 435 g/mol. The molecule has 1 N–H and O–H groups in total. The SMILES string of the molecule is CCn1c(SCC(=O)Nc2ccc(F)c(Cl)c2)nnc1C(C)Oc1ccccc1. The number of benzene rings is 2. The number of nitrogens with zero attached hydrogens (tertiary/aromatic N) is 3. The van der Waals surface area contributed by atoms with E-state index in [1.54, 1.807) is 0 Å². The fourth-order valence-corrected chi connectivity index (χ4v) is 3.65. The maximum absolute atomic E-state index is 13.2. The van der Waals surface area contributed by atoms with Crippen molar-refractivity contribution in [3.8, 4) is 5.75 Å². The standard InChI is InChI=1S/C20H20ClFN4O2S/c1-3-26-19(13(2)28-15-7-5-4-6-8-15)24-25-20(26)29-12-18(27)23-14-9-10-17(22)16(21)11-14/h4-11,13H,3,12H2,1-2H3,(H,23,27). The van der Waals surface area contributed by atoms with Crippen molar-refractivity contribution in [3.05, 3.63) is 65.2 Å². The summed E-state index contributed by atoms with van der Waals surface area (Å²) in [6, 6.07) is 13.5. The molecule has 0 saturated heterocycles. The lowest BCUT2D eigenvalue weighted by Crippen LogP contribution is -2.15. The Kier molecular flexibility index (Phi) is 7.11. The molecule has 1 unspecified atom stereocenters. The quantitative estimate of drug-likeness (QED) is 0.507. The largest absolute Gasteiger partial charge is 0.483 e. The molecular formula is C20H20ClFN4O2S. The van der Waals surface area contributed by atoms with Crippen LogP contribution >= 0.6 is 23.4 Å². The monoisotopic (exact) mass is 434 g/mol. The summed E-state index contributed by atoms with van der Waals surface area (Å²) in [4.78, 5) is 12.2. The van der Waals surface area contributed by atoms with Gasteiger partial charge in [-0.05, 0) is 44.2 Å². The number of nitrogens with one attached hydrogen (secondary N) is 1. The van der Waals surface area contributed by atoms with Gasteiger partial charge in [0.1, 0.15) is 11.6 Å². The van der Waals surface area contributed by atoms with Crippen molar-refractivity contribution in [2.75, 3.05) is 11.1 Å². The Balaban J connectivity index is 1.62. The van der Waals surface area contributed by atoms with E-state index in [2.05, 4.69) is 15.5 Å². The van der Waals surface area contributed by atoms with E-state index in [0.717, 1.165) is 5.75 Å². The second-order valence-corrected chi connectivity index (χ2v) is 7.47. The molecule has 29 heavy (non-hydrogen) atoms. The Hall–Kier alpha value is -2.58. The van der Waals surface area contributed by atoms with Crippen molar-refractivity contribution in [3.63, 3.8) is 0 Å². The van der Waals surface area contributed by atoms with Crippen LogP contribution in [0, 0.1) is 5.82 Å². The number of thioether (sulfide) groups is 1. The predicted molar refractivity (Wildman–Crippen MR) is 112 cm³/mol. The van der Waals surface area contributed by atoms with Gasteiger partial charge in [0.15, 0.2) is 17.1 Å². The lowest BCUT2D eigenvalue weighted by Gasteiger charge is -2.15. The molecule has 0 saturated carbocycles. The van der Waals surface area contributed by atoms with Crippen LogP contribution in [0.25, 0.3) is 0 Å². The zero-order valence-electron chi connectivity index (χ0n) is 15.9. The van der Waals surface area contributed by atoms with E-state index in [0.29, 0.717) is 23.2 Å². The van der Waals surface area contributed by atoms with E-state index in [4.69, 9.17) is 16.3 Å². The number of rotatable bonds is 8. The van der Waals surface area contributed by atoms with Gasteiger partial charge in [-0.1, -0.05) is 41.6 Å². The Labute approximate surface area is 177 Å². The first-order valence-electron chi connectivity index (χ1n) is 9.00. The number of ether oxygens (including phenoxy) is 1. The van der Waals surface area contributed by atoms with Gasteiger partial charge in [-0.15, -0.1) is 10.2 Å². The summed E-state index contributed by atoms with van der Waals surface area (Å²) >= 11 is 7.00. The lowest BCUT2D eigenvalue weighted by molar-refractivity contribution is -0.113. The Morgan fingerprint density at radius 1 is 1.28 bits per heavy atom. The Morgan fingerprint density at radius 3 is 2.72 bits per heavy atom. The molecule has 0 spiro atoms. The minimum absolute atomic E-state index is 0.0433. The van der Waals surface area contributed by atoms with Crippen molar-refractivity contribution >= 4 is 35.0 Å². The molecule has 3 rings (SSSR count). The van der Waals surface area contributed by atoms with Gasteiger partial charge in [0.05, 0.1) is 10.8 Å². The second kappa shape index (κ2) is 9.76. The fraction of sp³-hybridized carbons (Fsp3) is 0.250. The first-order valence-corrected chi connectivity index (χ1v) is 10.4. The third-order valence-electron chi connectivity index (χ3n) is 4.02. The Morgan fingerprint density at radius 2 is 2.03 bits per heavy atom. The summed E-state index contributed by atoms with van der Waals surface area (Å²) in [5.41, 5.74) is 0.435. The van der Waals surface area contributed by atoms with Crippen molar-refractivity contribution < 1.29 is 13.9 Å². The summed E-state index contributed by atoms with van der Waals surface area (Å²) < 4.78 is 21.1. The van der Waals surface area contributed by atoms with Crippen molar-refractivity contribution in [1.29, 1.82) is 0 Å². The lowest BCUT2D eigenvalue weighted by atomic mass is 10.3. The molecule has 0 radical (unpaired) electrons. The minimum Gasteiger partial charge on any atom is -0.483 e. The molecule has 1 atom stereocenters. The third kappa shape index (κ3) is 5.48. The fourth-order valence-electron chi connectivity index (χ4n) is 2.66. The van der Waals surface area contributed by atoms with Gasteiger partial charge in [0.25, 0.3) is 0 Å². The van der Waals surface area contributed by atoms with Gasteiger partial charge in [0, 0.05) is 12.2 Å². The zero-order valence-corrected chi connectivity index (χ0v) is 17.5. The molecule has 3 aromatic rings. The molecule has 0 aliphatic heterocycles. The molecule has 1 heterocycles. The molecule has 6 nitrogen and oxygen atoms in total. The highest BCUT2D eigenvalue weighted by Gasteiger charge is 2.19. The highest BCUT2D eigenvalue weighted by molar-refractivity contribution is 7.99. The molecule has 0 aliphatic rings. The van der Waals surface area contributed by atoms with Crippen molar-refractivity contribution in [2.45, 2.75) is 31.7 Å². The van der Waals surface area contributed by atoms with E-state index in [1.807, 2.05) is 48.7 Å². The van der Waals surface area contributed by atoms with Gasteiger partial charge in [-0.3, -0.25) is 4.79 Å². The van der Waals surface area contributed by atoms with Crippen LogP contribution in [0.1, 0.15) is 25.8 Å². The number of carbonyl (C=O) groups excluding carboxylic acids is 1. The molecule has 0 fully saturated rings.